The highest BCUT2D eigenvalue weighted by Gasteiger charge is 2.45. The molecular formula is C13H23ClF2N2O. The van der Waals surface area contributed by atoms with Crippen molar-refractivity contribution in [2.75, 3.05) is 13.1 Å². The van der Waals surface area contributed by atoms with Gasteiger partial charge in [0, 0.05) is 25.9 Å². The predicted octanol–water partition coefficient (Wildman–Crippen LogP) is 2.57. The van der Waals surface area contributed by atoms with E-state index in [-0.39, 0.29) is 44.3 Å². The molecule has 1 heterocycles. The highest BCUT2D eigenvalue weighted by atomic mass is 35.5. The zero-order valence-electron chi connectivity index (χ0n) is 11.1. The maximum atomic E-state index is 13.2. The number of nitrogens with two attached hydrogens (primary N) is 1. The third-order valence-corrected chi connectivity index (χ3v) is 4.49. The first-order valence-corrected chi connectivity index (χ1v) is 6.86. The van der Waals surface area contributed by atoms with Crippen LogP contribution in [0.1, 0.15) is 44.9 Å². The van der Waals surface area contributed by atoms with Gasteiger partial charge >= 0.3 is 0 Å². The van der Waals surface area contributed by atoms with Gasteiger partial charge in [-0.05, 0) is 18.8 Å². The lowest BCUT2D eigenvalue weighted by Gasteiger charge is -2.46. The van der Waals surface area contributed by atoms with E-state index in [1.165, 1.54) is 6.42 Å². The van der Waals surface area contributed by atoms with Crippen molar-refractivity contribution >= 4 is 18.7 Å². The van der Waals surface area contributed by atoms with Gasteiger partial charge in [-0.15, -0.1) is 12.4 Å². The van der Waals surface area contributed by atoms with Crippen molar-refractivity contribution < 1.29 is 13.6 Å². The van der Waals surface area contributed by atoms with E-state index < -0.39 is 11.6 Å². The standard InChI is InChI=1S/C13H22F2N2O.ClH/c14-12(15)6-8-17(9-7-12)13(16,10-18)11-4-2-1-3-5-11;/h10-11H,1-9,16H2;1H/t13-;/m1./s1. The number of piperidine rings is 1. The van der Waals surface area contributed by atoms with Gasteiger partial charge in [0.15, 0.2) is 6.29 Å². The van der Waals surface area contributed by atoms with Crippen LogP contribution in [0.4, 0.5) is 8.78 Å². The summed E-state index contributed by atoms with van der Waals surface area (Å²) in [4.78, 5) is 13.2. The van der Waals surface area contributed by atoms with E-state index in [0.29, 0.717) is 0 Å². The molecule has 6 heteroatoms. The quantitative estimate of drug-likeness (QED) is 0.814. The largest absolute Gasteiger partial charge is 0.307 e. The first-order valence-electron chi connectivity index (χ1n) is 6.86. The monoisotopic (exact) mass is 296 g/mol. The Labute approximate surface area is 119 Å². The molecule has 0 radical (unpaired) electrons. The van der Waals surface area contributed by atoms with Gasteiger partial charge in [0.2, 0.25) is 0 Å². The Kier molecular flexibility index (Phi) is 5.71. The minimum atomic E-state index is -2.59. The number of nitrogens with zero attached hydrogens (tertiary/aromatic N) is 1. The van der Waals surface area contributed by atoms with E-state index in [9.17, 15) is 13.6 Å². The maximum Gasteiger partial charge on any atom is 0.250 e. The summed E-state index contributed by atoms with van der Waals surface area (Å²) in [5, 5.41) is 0. The third kappa shape index (κ3) is 3.64. The van der Waals surface area contributed by atoms with Crippen molar-refractivity contribution in [2.24, 2.45) is 11.7 Å². The van der Waals surface area contributed by atoms with Crippen LogP contribution in [0.15, 0.2) is 0 Å². The molecule has 1 saturated carbocycles. The fourth-order valence-electron chi connectivity index (χ4n) is 3.22. The van der Waals surface area contributed by atoms with Crippen LogP contribution in [0.5, 0.6) is 0 Å². The Morgan fingerprint density at radius 3 is 2.16 bits per heavy atom. The molecule has 0 bridgehead atoms. The topological polar surface area (TPSA) is 46.3 Å². The molecule has 2 N–H and O–H groups in total. The zero-order valence-corrected chi connectivity index (χ0v) is 11.9. The van der Waals surface area contributed by atoms with E-state index in [4.69, 9.17) is 5.73 Å². The molecule has 19 heavy (non-hydrogen) atoms. The van der Waals surface area contributed by atoms with Crippen molar-refractivity contribution in [3.63, 3.8) is 0 Å². The van der Waals surface area contributed by atoms with Gasteiger partial charge in [0.1, 0.15) is 5.66 Å². The number of aldehydes is 1. The summed E-state index contributed by atoms with van der Waals surface area (Å²) in [6.07, 6.45) is 5.63. The normalized spacial score (nSPS) is 28.2. The third-order valence-electron chi connectivity index (χ3n) is 4.49. The molecule has 2 fully saturated rings. The number of hydrogen-bond acceptors (Lipinski definition) is 3. The molecule has 0 aromatic carbocycles. The summed E-state index contributed by atoms with van der Waals surface area (Å²) in [5.41, 5.74) is 5.22. The van der Waals surface area contributed by atoms with Crippen LogP contribution in [-0.4, -0.2) is 35.9 Å². The van der Waals surface area contributed by atoms with Crippen molar-refractivity contribution in [3.8, 4) is 0 Å². The summed E-state index contributed by atoms with van der Waals surface area (Å²) >= 11 is 0. The van der Waals surface area contributed by atoms with Gasteiger partial charge in [-0.25, -0.2) is 8.78 Å². The fraction of sp³-hybridized carbons (Fsp3) is 0.923. The van der Waals surface area contributed by atoms with Crippen LogP contribution in [0.3, 0.4) is 0 Å². The summed E-state index contributed by atoms with van der Waals surface area (Å²) in [6, 6.07) is 0. The number of hydrogen-bond donors (Lipinski definition) is 1. The lowest BCUT2D eigenvalue weighted by Crippen LogP contribution is -2.65. The first kappa shape index (κ1) is 16.8. The Morgan fingerprint density at radius 1 is 1.16 bits per heavy atom. The molecule has 0 unspecified atom stereocenters. The summed E-state index contributed by atoms with van der Waals surface area (Å²) in [5.74, 6) is -2.47. The average Bonchev–Trinajstić information content (AvgIpc) is 2.39. The molecule has 2 rings (SSSR count). The van der Waals surface area contributed by atoms with Gasteiger partial charge in [-0.2, -0.15) is 0 Å². The molecule has 3 nitrogen and oxygen atoms in total. The highest BCUT2D eigenvalue weighted by molar-refractivity contribution is 5.85. The van der Waals surface area contributed by atoms with Gasteiger partial charge in [-0.3, -0.25) is 9.69 Å². The van der Waals surface area contributed by atoms with Crippen molar-refractivity contribution in [1.29, 1.82) is 0 Å². The molecule has 0 aromatic heterocycles. The lowest BCUT2D eigenvalue weighted by atomic mass is 9.79. The molecule has 0 aromatic rings. The molecule has 1 saturated heterocycles. The van der Waals surface area contributed by atoms with E-state index in [1.54, 1.807) is 4.90 Å². The summed E-state index contributed by atoms with van der Waals surface area (Å²) in [6.45, 7) is 0.442. The second-order valence-electron chi connectivity index (χ2n) is 5.68. The molecule has 112 valence electrons. The second-order valence-corrected chi connectivity index (χ2v) is 5.68. The molecule has 0 amide bonds. The second kappa shape index (κ2) is 6.46. The molecular weight excluding hydrogens is 274 g/mol. The average molecular weight is 297 g/mol. The van der Waals surface area contributed by atoms with Gasteiger partial charge in [0.25, 0.3) is 5.92 Å². The van der Waals surface area contributed by atoms with E-state index >= 15 is 0 Å². The zero-order chi connectivity index (χ0) is 13.2. The number of carbonyl (C=O) groups excluding carboxylic acids is 1. The SMILES string of the molecule is Cl.N[C@@](C=O)(C1CCCCC1)N1CCC(F)(F)CC1. The Bertz CT molecular complexity index is 301. The molecule has 1 atom stereocenters. The van der Waals surface area contributed by atoms with Crippen LogP contribution in [0.2, 0.25) is 0 Å². The predicted molar refractivity (Wildman–Crippen MR) is 72.6 cm³/mol. The van der Waals surface area contributed by atoms with Crippen molar-refractivity contribution in [3.05, 3.63) is 0 Å². The summed E-state index contributed by atoms with van der Waals surface area (Å²) < 4.78 is 26.3. The Hall–Kier alpha value is -0.260. The minimum absolute atomic E-state index is 0. The van der Waals surface area contributed by atoms with E-state index in [1.807, 2.05) is 0 Å². The van der Waals surface area contributed by atoms with Crippen LogP contribution in [-0.2, 0) is 4.79 Å². The van der Waals surface area contributed by atoms with Crippen LogP contribution >= 0.6 is 12.4 Å². The number of rotatable bonds is 3. The minimum Gasteiger partial charge on any atom is -0.307 e. The van der Waals surface area contributed by atoms with Crippen molar-refractivity contribution in [2.45, 2.75) is 56.5 Å². The number of alkyl halides is 2. The molecule has 1 aliphatic heterocycles. The Morgan fingerprint density at radius 2 is 1.68 bits per heavy atom. The summed E-state index contributed by atoms with van der Waals surface area (Å²) in [7, 11) is 0. The number of carbonyl (C=O) groups is 1. The number of halogens is 3. The lowest BCUT2D eigenvalue weighted by molar-refractivity contribution is -0.132. The smallest absolute Gasteiger partial charge is 0.250 e. The molecule has 2 aliphatic rings. The van der Waals surface area contributed by atoms with Crippen LogP contribution in [0.25, 0.3) is 0 Å². The van der Waals surface area contributed by atoms with Gasteiger partial charge < -0.3 is 5.73 Å². The van der Waals surface area contributed by atoms with Crippen molar-refractivity contribution in [1.82, 2.24) is 4.90 Å². The molecule has 0 spiro atoms. The van der Waals surface area contributed by atoms with Gasteiger partial charge in [0.05, 0.1) is 0 Å². The fourth-order valence-corrected chi connectivity index (χ4v) is 3.22. The highest BCUT2D eigenvalue weighted by Crippen LogP contribution is 2.36. The number of likely N-dealkylation sites (tertiary alicyclic amines) is 1. The molecule has 1 aliphatic carbocycles. The van der Waals surface area contributed by atoms with Crippen LogP contribution < -0.4 is 5.73 Å². The maximum absolute atomic E-state index is 13.2. The Balaban J connectivity index is 0.00000180. The van der Waals surface area contributed by atoms with Crippen LogP contribution in [0, 0.1) is 5.92 Å². The van der Waals surface area contributed by atoms with E-state index in [2.05, 4.69) is 0 Å². The first-order chi connectivity index (χ1) is 8.48. The van der Waals surface area contributed by atoms with E-state index in [0.717, 1.165) is 32.0 Å². The van der Waals surface area contributed by atoms with Gasteiger partial charge in [-0.1, -0.05) is 19.3 Å².